The zero-order valence-electron chi connectivity index (χ0n) is 9.04. The van der Waals surface area contributed by atoms with Gasteiger partial charge in [0.15, 0.2) is 0 Å². The van der Waals surface area contributed by atoms with E-state index in [-0.39, 0.29) is 11.1 Å². The van der Waals surface area contributed by atoms with Crippen LogP contribution in [0, 0.1) is 5.82 Å². The lowest BCUT2D eigenvalue weighted by Gasteiger charge is -2.36. The summed E-state index contributed by atoms with van der Waals surface area (Å²) in [5.41, 5.74) is 6.99. The van der Waals surface area contributed by atoms with Crippen LogP contribution in [0.15, 0.2) is 12.1 Å². The van der Waals surface area contributed by atoms with E-state index in [1.54, 1.807) is 6.07 Å². The van der Waals surface area contributed by atoms with Crippen molar-refractivity contribution in [3.8, 4) is 0 Å². The molecule has 1 atom stereocenters. The number of nitrogens with two attached hydrogens (primary N) is 1. The van der Waals surface area contributed by atoms with Crippen molar-refractivity contribution in [3.63, 3.8) is 0 Å². The molecule has 1 saturated heterocycles. The average Bonchev–Trinajstić information content (AvgIpc) is 2.25. The molecule has 2 rings (SSSR count). The number of benzene rings is 1. The standard InChI is InChI=1S/C11H14ClFN2O/c1-7-6-16-3-2-15(7)11-4-8(12)9(13)5-10(11)14/h4-5,7H,2-3,6,14H2,1H3. The molecule has 0 saturated carbocycles. The van der Waals surface area contributed by atoms with E-state index in [1.165, 1.54) is 6.07 Å². The lowest BCUT2D eigenvalue weighted by atomic mass is 10.2. The number of hydrogen-bond donors (Lipinski definition) is 1. The summed E-state index contributed by atoms with van der Waals surface area (Å²) in [4.78, 5) is 2.09. The lowest BCUT2D eigenvalue weighted by Crippen LogP contribution is -2.44. The van der Waals surface area contributed by atoms with Gasteiger partial charge in [-0.1, -0.05) is 11.6 Å². The van der Waals surface area contributed by atoms with E-state index >= 15 is 0 Å². The van der Waals surface area contributed by atoms with Crippen LogP contribution in [0.25, 0.3) is 0 Å². The topological polar surface area (TPSA) is 38.5 Å². The Morgan fingerprint density at radius 1 is 1.56 bits per heavy atom. The van der Waals surface area contributed by atoms with Gasteiger partial charge in [-0.25, -0.2) is 4.39 Å². The third kappa shape index (κ3) is 2.08. The minimum absolute atomic E-state index is 0.0999. The summed E-state index contributed by atoms with van der Waals surface area (Å²) in [5, 5.41) is 0.0999. The number of anilines is 2. The summed E-state index contributed by atoms with van der Waals surface area (Å²) in [6.07, 6.45) is 0. The predicted octanol–water partition coefficient (Wildman–Crippen LogP) is 2.29. The number of rotatable bonds is 1. The maximum atomic E-state index is 13.2. The van der Waals surface area contributed by atoms with Crippen LogP contribution in [0.1, 0.15) is 6.92 Å². The quantitative estimate of drug-likeness (QED) is 0.771. The highest BCUT2D eigenvalue weighted by molar-refractivity contribution is 6.31. The molecule has 1 unspecified atom stereocenters. The molecule has 0 spiro atoms. The fourth-order valence-corrected chi connectivity index (χ4v) is 2.04. The van der Waals surface area contributed by atoms with E-state index in [2.05, 4.69) is 4.90 Å². The van der Waals surface area contributed by atoms with Crippen LogP contribution < -0.4 is 10.6 Å². The Bertz CT molecular complexity index is 400. The number of morpholine rings is 1. The van der Waals surface area contributed by atoms with Crippen LogP contribution in [0.2, 0.25) is 5.02 Å². The van der Waals surface area contributed by atoms with Crippen molar-refractivity contribution in [2.75, 3.05) is 30.4 Å². The number of hydrogen-bond acceptors (Lipinski definition) is 3. The van der Waals surface area contributed by atoms with Gasteiger partial charge >= 0.3 is 0 Å². The zero-order valence-corrected chi connectivity index (χ0v) is 9.80. The molecule has 2 N–H and O–H groups in total. The van der Waals surface area contributed by atoms with Crippen LogP contribution in [0.4, 0.5) is 15.8 Å². The molecule has 1 aromatic carbocycles. The minimum Gasteiger partial charge on any atom is -0.397 e. The molecule has 0 bridgehead atoms. The Balaban J connectivity index is 2.35. The predicted molar refractivity (Wildman–Crippen MR) is 63.4 cm³/mol. The molecule has 5 heteroatoms. The van der Waals surface area contributed by atoms with E-state index < -0.39 is 5.82 Å². The first-order valence-electron chi connectivity index (χ1n) is 5.18. The van der Waals surface area contributed by atoms with Gasteiger partial charge in [0.1, 0.15) is 5.82 Å². The van der Waals surface area contributed by atoms with Gasteiger partial charge in [0, 0.05) is 18.7 Å². The molecule has 0 aliphatic carbocycles. The first-order valence-corrected chi connectivity index (χ1v) is 5.56. The van der Waals surface area contributed by atoms with E-state index in [9.17, 15) is 4.39 Å². The Labute approximate surface area is 98.9 Å². The fraction of sp³-hybridized carbons (Fsp3) is 0.455. The zero-order chi connectivity index (χ0) is 11.7. The van der Waals surface area contributed by atoms with Crippen molar-refractivity contribution >= 4 is 23.0 Å². The van der Waals surface area contributed by atoms with Crippen LogP contribution >= 0.6 is 11.6 Å². The van der Waals surface area contributed by atoms with Crippen LogP contribution in [-0.2, 0) is 4.74 Å². The summed E-state index contributed by atoms with van der Waals surface area (Å²) in [6, 6.07) is 3.06. The van der Waals surface area contributed by atoms with Gasteiger partial charge < -0.3 is 15.4 Å². The lowest BCUT2D eigenvalue weighted by molar-refractivity contribution is 0.0990. The normalized spacial score (nSPS) is 21.2. The number of halogens is 2. The maximum absolute atomic E-state index is 13.2. The third-order valence-corrected chi connectivity index (χ3v) is 3.04. The largest absolute Gasteiger partial charge is 0.397 e. The second kappa shape index (κ2) is 4.47. The molecule has 1 aliphatic heterocycles. The minimum atomic E-state index is -0.483. The van der Waals surface area contributed by atoms with Crippen molar-refractivity contribution in [1.29, 1.82) is 0 Å². The third-order valence-electron chi connectivity index (χ3n) is 2.75. The maximum Gasteiger partial charge on any atom is 0.143 e. The molecule has 88 valence electrons. The molecule has 3 nitrogen and oxygen atoms in total. The fourth-order valence-electron chi connectivity index (χ4n) is 1.89. The van der Waals surface area contributed by atoms with E-state index in [1.807, 2.05) is 6.92 Å². The van der Waals surface area contributed by atoms with Crippen molar-refractivity contribution < 1.29 is 9.13 Å². The van der Waals surface area contributed by atoms with Crippen LogP contribution in [-0.4, -0.2) is 25.8 Å². The Morgan fingerprint density at radius 2 is 2.31 bits per heavy atom. The van der Waals surface area contributed by atoms with Gasteiger partial charge in [0.25, 0.3) is 0 Å². The summed E-state index contributed by atoms with van der Waals surface area (Å²) in [6.45, 7) is 4.08. The Morgan fingerprint density at radius 3 is 3.00 bits per heavy atom. The van der Waals surface area contributed by atoms with E-state index in [0.717, 1.165) is 12.2 Å². The smallest absolute Gasteiger partial charge is 0.143 e. The first-order chi connectivity index (χ1) is 7.59. The molecule has 0 radical (unpaired) electrons. The van der Waals surface area contributed by atoms with Gasteiger partial charge in [0.2, 0.25) is 0 Å². The number of nitrogen functional groups attached to an aromatic ring is 1. The second-order valence-corrected chi connectivity index (χ2v) is 4.35. The number of nitrogens with zero attached hydrogens (tertiary/aromatic N) is 1. The van der Waals surface area contributed by atoms with Gasteiger partial charge in [-0.3, -0.25) is 0 Å². The first kappa shape index (κ1) is 11.5. The van der Waals surface area contributed by atoms with Crippen molar-refractivity contribution in [2.45, 2.75) is 13.0 Å². The molecule has 16 heavy (non-hydrogen) atoms. The number of ether oxygens (including phenoxy) is 1. The van der Waals surface area contributed by atoms with Gasteiger partial charge in [-0.05, 0) is 13.0 Å². The Hall–Kier alpha value is -1.00. The van der Waals surface area contributed by atoms with Gasteiger partial charge in [-0.15, -0.1) is 0 Å². The van der Waals surface area contributed by atoms with Crippen molar-refractivity contribution in [1.82, 2.24) is 0 Å². The van der Waals surface area contributed by atoms with E-state index in [0.29, 0.717) is 18.9 Å². The SMILES string of the molecule is CC1COCCN1c1cc(Cl)c(F)cc1N. The average molecular weight is 245 g/mol. The summed E-state index contributed by atoms with van der Waals surface area (Å²) in [7, 11) is 0. The van der Waals surface area contributed by atoms with Crippen molar-refractivity contribution in [3.05, 3.63) is 23.0 Å². The molecule has 1 aliphatic rings. The van der Waals surface area contributed by atoms with Gasteiger partial charge in [-0.2, -0.15) is 0 Å². The van der Waals surface area contributed by atoms with Crippen LogP contribution in [0.5, 0.6) is 0 Å². The summed E-state index contributed by atoms with van der Waals surface area (Å²) >= 11 is 5.76. The highest BCUT2D eigenvalue weighted by atomic mass is 35.5. The highest BCUT2D eigenvalue weighted by Gasteiger charge is 2.21. The summed E-state index contributed by atoms with van der Waals surface area (Å²) in [5.74, 6) is -0.483. The van der Waals surface area contributed by atoms with Crippen LogP contribution in [0.3, 0.4) is 0 Å². The molecule has 0 aromatic heterocycles. The molecule has 1 heterocycles. The monoisotopic (exact) mass is 244 g/mol. The van der Waals surface area contributed by atoms with E-state index in [4.69, 9.17) is 22.1 Å². The molecular formula is C11H14ClFN2O. The summed E-state index contributed by atoms with van der Waals surface area (Å²) < 4.78 is 18.5. The molecule has 0 amide bonds. The van der Waals surface area contributed by atoms with Crippen molar-refractivity contribution in [2.24, 2.45) is 0 Å². The highest BCUT2D eigenvalue weighted by Crippen LogP contribution is 2.31. The van der Waals surface area contributed by atoms with Gasteiger partial charge in [0.05, 0.1) is 29.6 Å². The molecule has 1 fully saturated rings. The molecular weight excluding hydrogens is 231 g/mol. The molecule has 1 aromatic rings. The Kier molecular flexibility index (Phi) is 3.21. The second-order valence-electron chi connectivity index (χ2n) is 3.94.